The van der Waals surface area contributed by atoms with Gasteiger partial charge in [-0.2, -0.15) is 13.2 Å². The molecule has 0 spiro atoms. The van der Waals surface area contributed by atoms with Crippen LogP contribution in [-0.2, 0) is 12.6 Å². The first-order valence-electron chi connectivity index (χ1n) is 7.31. The molecule has 1 aromatic carbocycles. The standard InChI is InChI=1S/C16H22F3N/c1-3-20-15-9-6-13(11(15)2)10-12-4-7-14(8-5-12)16(17,18)19/h4-5,7-8,11,13,15,20H,3,6,9-10H2,1-2H3. The average molecular weight is 285 g/mol. The van der Waals surface area contributed by atoms with E-state index >= 15 is 0 Å². The molecule has 1 aliphatic carbocycles. The summed E-state index contributed by atoms with van der Waals surface area (Å²) in [5.41, 5.74) is 0.443. The van der Waals surface area contributed by atoms with Crippen molar-refractivity contribution in [2.45, 2.75) is 45.3 Å². The molecule has 1 nitrogen and oxygen atoms in total. The van der Waals surface area contributed by atoms with Gasteiger partial charge in [0.05, 0.1) is 5.56 Å². The lowest BCUT2D eigenvalue weighted by molar-refractivity contribution is -0.137. The first kappa shape index (κ1) is 15.4. The van der Waals surface area contributed by atoms with Gasteiger partial charge in [0.15, 0.2) is 0 Å². The third-order valence-electron chi connectivity index (χ3n) is 4.47. The molecule has 4 heteroatoms. The van der Waals surface area contributed by atoms with E-state index in [1.54, 1.807) is 12.1 Å². The Hall–Kier alpha value is -1.03. The van der Waals surface area contributed by atoms with Crippen LogP contribution in [0.25, 0.3) is 0 Å². The van der Waals surface area contributed by atoms with E-state index in [0.717, 1.165) is 24.9 Å². The smallest absolute Gasteiger partial charge is 0.314 e. The molecule has 1 fully saturated rings. The molecular weight excluding hydrogens is 263 g/mol. The predicted molar refractivity (Wildman–Crippen MR) is 74.5 cm³/mol. The van der Waals surface area contributed by atoms with Crippen LogP contribution >= 0.6 is 0 Å². The monoisotopic (exact) mass is 285 g/mol. The fourth-order valence-electron chi connectivity index (χ4n) is 3.22. The lowest BCUT2D eigenvalue weighted by Crippen LogP contribution is -2.32. The lowest BCUT2D eigenvalue weighted by atomic mass is 9.89. The molecule has 1 N–H and O–H groups in total. The molecule has 3 atom stereocenters. The van der Waals surface area contributed by atoms with Crippen molar-refractivity contribution in [1.29, 1.82) is 0 Å². The topological polar surface area (TPSA) is 12.0 Å². The predicted octanol–water partition coefficient (Wildman–Crippen LogP) is 4.27. The first-order valence-corrected chi connectivity index (χ1v) is 7.31. The number of benzene rings is 1. The highest BCUT2D eigenvalue weighted by Gasteiger charge is 2.33. The summed E-state index contributed by atoms with van der Waals surface area (Å²) in [5.74, 6) is 1.15. The number of rotatable bonds is 4. The van der Waals surface area contributed by atoms with Crippen molar-refractivity contribution in [3.8, 4) is 0 Å². The van der Waals surface area contributed by atoms with E-state index in [2.05, 4.69) is 19.2 Å². The molecule has 0 heterocycles. The minimum Gasteiger partial charge on any atom is -0.314 e. The van der Waals surface area contributed by atoms with Gasteiger partial charge in [-0.15, -0.1) is 0 Å². The van der Waals surface area contributed by atoms with Crippen molar-refractivity contribution < 1.29 is 13.2 Å². The Morgan fingerprint density at radius 2 is 1.80 bits per heavy atom. The van der Waals surface area contributed by atoms with E-state index in [9.17, 15) is 13.2 Å². The van der Waals surface area contributed by atoms with Crippen molar-refractivity contribution in [1.82, 2.24) is 5.32 Å². The van der Waals surface area contributed by atoms with Gasteiger partial charge in [-0.3, -0.25) is 0 Å². The van der Waals surface area contributed by atoms with Gasteiger partial charge in [-0.1, -0.05) is 26.0 Å². The van der Waals surface area contributed by atoms with Crippen molar-refractivity contribution in [3.05, 3.63) is 35.4 Å². The summed E-state index contributed by atoms with van der Waals surface area (Å²) < 4.78 is 37.5. The fraction of sp³-hybridized carbons (Fsp3) is 0.625. The van der Waals surface area contributed by atoms with Crippen LogP contribution < -0.4 is 5.32 Å². The third-order valence-corrected chi connectivity index (χ3v) is 4.47. The number of nitrogens with one attached hydrogen (secondary N) is 1. The van der Waals surface area contributed by atoms with E-state index in [1.807, 2.05) is 0 Å². The van der Waals surface area contributed by atoms with Crippen LogP contribution in [0.1, 0.15) is 37.8 Å². The SMILES string of the molecule is CCNC1CCC(Cc2ccc(C(F)(F)F)cc2)C1C. The van der Waals surface area contributed by atoms with E-state index in [0.29, 0.717) is 17.9 Å². The molecule has 0 bridgehead atoms. The second-order valence-electron chi connectivity index (χ2n) is 5.76. The second-order valence-corrected chi connectivity index (χ2v) is 5.76. The van der Waals surface area contributed by atoms with Gasteiger partial charge in [-0.25, -0.2) is 0 Å². The molecule has 1 aromatic rings. The largest absolute Gasteiger partial charge is 0.416 e. The van der Waals surface area contributed by atoms with E-state index in [4.69, 9.17) is 0 Å². The minimum absolute atomic E-state index is 0.555. The highest BCUT2D eigenvalue weighted by Crippen LogP contribution is 2.35. The molecule has 0 aromatic heterocycles. The quantitative estimate of drug-likeness (QED) is 0.871. The zero-order valence-corrected chi connectivity index (χ0v) is 12.0. The van der Waals surface area contributed by atoms with Gasteiger partial charge in [0, 0.05) is 6.04 Å². The average Bonchev–Trinajstić information content (AvgIpc) is 2.72. The van der Waals surface area contributed by atoms with Gasteiger partial charge < -0.3 is 5.32 Å². The zero-order chi connectivity index (χ0) is 14.8. The highest BCUT2D eigenvalue weighted by atomic mass is 19.4. The van der Waals surface area contributed by atoms with Gasteiger partial charge in [-0.05, 0) is 55.3 Å². The van der Waals surface area contributed by atoms with Crippen LogP contribution in [0.15, 0.2) is 24.3 Å². The van der Waals surface area contributed by atoms with Crippen molar-refractivity contribution >= 4 is 0 Å². The van der Waals surface area contributed by atoms with Crippen LogP contribution in [0.2, 0.25) is 0 Å². The van der Waals surface area contributed by atoms with Crippen molar-refractivity contribution in [2.24, 2.45) is 11.8 Å². The molecule has 112 valence electrons. The molecule has 0 amide bonds. The molecule has 2 rings (SSSR count). The third kappa shape index (κ3) is 3.54. The molecule has 1 aliphatic rings. The molecule has 1 saturated carbocycles. The van der Waals surface area contributed by atoms with Crippen LogP contribution in [-0.4, -0.2) is 12.6 Å². The van der Waals surface area contributed by atoms with Crippen molar-refractivity contribution in [2.75, 3.05) is 6.54 Å². The van der Waals surface area contributed by atoms with Gasteiger partial charge in [0.25, 0.3) is 0 Å². The van der Waals surface area contributed by atoms with Crippen LogP contribution in [0.3, 0.4) is 0 Å². The summed E-state index contributed by atoms with van der Waals surface area (Å²) in [5, 5.41) is 3.49. The Labute approximate surface area is 118 Å². The maximum absolute atomic E-state index is 12.5. The molecule has 0 radical (unpaired) electrons. The Morgan fingerprint density at radius 3 is 2.35 bits per heavy atom. The zero-order valence-electron chi connectivity index (χ0n) is 12.0. The van der Waals surface area contributed by atoms with Gasteiger partial charge in [0.1, 0.15) is 0 Å². The highest BCUT2D eigenvalue weighted by molar-refractivity contribution is 5.25. The van der Waals surface area contributed by atoms with Crippen molar-refractivity contribution in [3.63, 3.8) is 0 Å². The van der Waals surface area contributed by atoms with Gasteiger partial charge >= 0.3 is 6.18 Å². The summed E-state index contributed by atoms with van der Waals surface area (Å²) in [6.45, 7) is 5.33. The first-order chi connectivity index (χ1) is 9.41. The molecule has 0 aliphatic heterocycles. The number of hydrogen-bond donors (Lipinski definition) is 1. The Bertz CT molecular complexity index is 424. The number of hydrogen-bond acceptors (Lipinski definition) is 1. The minimum atomic E-state index is -4.24. The normalized spacial score (nSPS) is 26.9. The lowest BCUT2D eigenvalue weighted by Gasteiger charge is -2.21. The Kier molecular flexibility index (Phi) is 4.74. The molecule has 0 saturated heterocycles. The Morgan fingerprint density at radius 1 is 1.15 bits per heavy atom. The molecular formula is C16H22F3N. The van der Waals surface area contributed by atoms with E-state index in [1.165, 1.54) is 18.6 Å². The number of alkyl halides is 3. The van der Waals surface area contributed by atoms with Crippen LogP contribution in [0.5, 0.6) is 0 Å². The summed E-state index contributed by atoms with van der Waals surface area (Å²) >= 11 is 0. The fourth-order valence-corrected chi connectivity index (χ4v) is 3.22. The molecule has 3 unspecified atom stereocenters. The van der Waals surface area contributed by atoms with Crippen LogP contribution in [0.4, 0.5) is 13.2 Å². The Balaban J connectivity index is 1.97. The maximum Gasteiger partial charge on any atom is 0.416 e. The number of halogens is 3. The summed E-state index contributed by atoms with van der Waals surface area (Å²) in [4.78, 5) is 0. The van der Waals surface area contributed by atoms with Crippen LogP contribution in [0, 0.1) is 11.8 Å². The molecule has 20 heavy (non-hydrogen) atoms. The van der Waals surface area contributed by atoms with E-state index in [-0.39, 0.29) is 0 Å². The van der Waals surface area contributed by atoms with Gasteiger partial charge in [0.2, 0.25) is 0 Å². The summed E-state index contributed by atoms with van der Waals surface area (Å²) in [7, 11) is 0. The van der Waals surface area contributed by atoms with E-state index < -0.39 is 11.7 Å². The summed E-state index contributed by atoms with van der Waals surface area (Å²) in [6, 6.07) is 6.18. The maximum atomic E-state index is 12.5. The second kappa shape index (κ2) is 6.17. The summed E-state index contributed by atoms with van der Waals surface area (Å²) in [6.07, 6.45) is -1.04.